The smallest absolute Gasteiger partial charge is 0.227 e. The second kappa shape index (κ2) is 6.92. The summed E-state index contributed by atoms with van der Waals surface area (Å²) in [6.45, 7) is 4.00. The van der Waals surface area contributed by atoms with Crippen LogP contribution in [0.15, 0.2) is 34.8 Å². The first kappa shape index (κ1) is 13.6. The van der Waals surface area contributed by atoms with E-state index in [0.717, 1.165) is 6.42 Å². The largest absolute Gasteiger partial charge is 0.490 e. The minimum Gasteiger partial charge on any atom is -0.490 e. The Kier molecular flexibility index (Phi) is 4.95. The molecule has 0 fully saturated rings. The summed E-state index contributed by atoms with van der Waals surface area (Å²) >= 11 is 0. The zero-order valence-corrected chi connectivity index (χ0v) is 11.8. The van der Waals surface area contributed by atoms with Gasteiger partial charge >= 0.3 is 0 Å². The Hall–Kier alpha value is -1.84. The van der Waals surface area contributed by atoms with E-state index in [0.29, 0.717) is 12.8 Å². The van der Waals surface area contributed by atoms with Gasteiger partial charge in [-0.05, 0) is 39.2 Å². The normalized spacial score (nSPS) is 16.5. The maximum absolute atomic E-state index is 12.2. The van der Waals surface area contributed by atoms with Gasteiger partial charge in [0.25, 0.3) is 0 Å². The highest BCUT2D eigenvalue weighted by Gasteiger charge is 2.30. The Bertz CT molecular complexity index is 508. The molecule has 0 unspecified atom stereocenters. The summed E-state index contributed by atoms with van der Waals surface area (Å²) in [6, 6.07) is -0.287. The van der Waals surface area contributed by atoms with Crippen LogP contribution < -0.4 is 0 Å². The Balaban J connectivity index is 2.92. The molecule has 1 rings (SSSR count). The first-order valence-corrected chi connectivity index (χ1v) is 6.18. The van der Waals surface area contributed by atoms with Gasteiger partial charge < -0.3 is 9.47 Å². The number of ketones is 2. The first-order chi connectivity index (χ1) is 9.43. The Labute approximate surface area is 115 Å². The van der Waals surface area contributed by atoms with Gasteiger partial charge in [0.05, 0.1) is 15.6 Å². The topological polar surface area (TPSA) is 52.6 Å². The molecule has 4 nitrogen and oxygen atoms in total. The van der Waals surface area contributed by atoms with Crippen LogP contribution in [0.5, 0.6) is 0 Å². The molecule has 1 aliphatic carbocycles. The van der Waals surface area contributed by atoms with Crippen LogP contribution >= 0.6 is 0 Å². The van der Waals surface area contributed by atoms with E-state index in [1.54, 1.807) is 0 Å². The van der Waals surface area contributed by atoms with Crippen molar-refractivity contribution in [1.82, 2.24) is 0 Å². The van der Waals surface area contributed by atoms with Gasteiger partial charge in [-0.3, -0.25) is 9.59 Å². The van der Waals surface area contributed by atoms with Crippen LogP contribution in [0.1, 0.15) is 34.5 Å². The lowest BCUT2D eigenvalue weighted by Crippen LogP contribution is -2.21. The molecule has 0 aromatic rings. The number of ether oxygens (including phenoxy) is 2. The standard InChI is InChI=1S/C15H20O4/c1-10(2)7-5-6-8-11-9-12(16)14(18-3)15(19-4)13(11)17/h7,9H,5-6,8H2,1-4H3/i9D. The van der Waals surface area contributed by atoms with Gasteiger partial charge in [-0.25, -0.2) is 0 Å². The Morgan fingerprint density at radius 2 is 1.89 bits per heavy atom. The maximum atomic E-state index is 12.2. The van der Waals surface area contributed by atoms with Gasteiger partial charge in [0.2, 0.25) is 23.1 Å². The molecule has 0 aliphatic heterocycles. The first-order valence-electron chi connectivity index (χ1n) is 6.68. The second-order valence-electron chi connectivity index (χ2n) is 4.50. The van der Waals surface area contributed by atoms with E-state index in [4.69, 9.17) is 10.8 Å². The van der Waals surface area contributed by atoms with Crippen molar-refractivity contribution in [2.24, 2.45) is 0 Å². The third-order valence-electron chi connectivity index (χ3n) is 2.75. The zero-order valence-electron chi connectivity index (χ0n) is 12.8. The number of Topliss-reactive ketones (excluding diaryl/α,β-unsaturated/α-hetero) is 1. The molecule has 0 aromatic heterocycles. The SMILES string of the molecule is [2H]C1=C(CCCC=C(C)C)C(=O)C(OC)=C(OC)C1=O. The highest BCUT2D eigenvalue weighted by molar-refractivity contribution is 6.20. The van der Waals surface area contributed by atoms with E-state index in [9.17, 15) is 9.59 Å². The summed E-state index contributed by atoms with van der Waals surface area (Å²) in [5, 5.41) is 0. The van der Waals surface area contributed by atoms with Gasteiger partial charge in [0, 0.05) is 5.57 Å². The maximum Gasteiger partial charge on any atom is 0.227 e. The quantitative estimate of drug-likeness (QED) is 0.421. The molecule has 0 saturated carbocycles. The molecule has 0 N–H and O–H groups in total. The minimum absolute atomic E-state index is 0.106. The molecule has 0 radical (unpaired) electrons. The summed E-state index contributed by atoms with van der Waals surface area (Å²) in [5.41, 5.74) is 1.41. The fourth-order valence-corrected chi connectivity index (χ4v) is 1.81. The summed E-state index contributed by atoms with van der Waals surface area (Å²) in [7, 11) is 2.60. The van der Waals surface area contributed by atoms with Gasteiger partial charge in [-0.1, -0.05) is 11.6 Å². The molecule has 4 heteroatoms. The molecule has 0 bridgehead atoms. The van der Waals surface area contributed by atoms with Crippen LogP contribution in [0.25, 0.3) is 0 Å². The van der Waals surface area contributed by atoms with Crippen LogP contribution in [0, 0.1) is 0 Å². The number of unbranched alkanes of at least 4 members (excludes halogenated alkanes) is 1. The van der Waals surface area contributed by atoms with Crippen molar-refractivity contribution in [3.05, 3.63) is 34.8 Å². The van der Waals surface area contributed by atoms with E-state index in [2.05, 4.69) is 6.08 Å². The molecular formula is C15H20O4. The predicted molar refractivity (Wildman–Crippen MR) is 72.4 cm³/mol. The summed E-state index contributed by atoms with van der Waals surface area (Å²) < 4.78 is 17.6. The number of carbonyl (C=O) groups excluding carboxylic acids is 2. The van der Waals surface area contributed by atoms with E-state index < -0.39 is 11.6 Å². The fraction of sp³-hybridized carbons (Fsp3) is 0.467. The molecular weight excluding hydrogens is 244 g/mol. The lowest BCUT2D eigenvalue weighted by molar-refractivity contribution is -0.120. The van der Waals surface area contributed by atoms with Crippen molar-refractivity contribution in [2.75, 3.05) is 14.2 Å². The molecule has 0 spiro atoms. The fourth-order valence-electron chi connectivity index (χ4n) is 1.81. The molecule has 1 aliphatic rings. The number of hydrogen-bond donors (Lipinski definition) is 0. The highest BCUT2D eigenvalue weighted by atomic mass is 16.5. The van der Waals surface area contributed by atoms with E-state index >= 15 is 0 Å². The van der Waals surface area contributed by atoms with Gasteiger partial charge in [-0.15, -0.1) is 0 Å². The van der Waals surface area contributed by atoms with Crippen molar-refractivity contribution >= 4 is 11.6 Å². The third kappa shape index (κ3) is 3.81. The van der Waals surface area contributed by atoms with Crippen molar-refractivity contribution in [2.45, 2.75) is 33.1 Å². The Morgan fingerprint density at radius 3 is 2.42 bits per heavy atom. The van der Waals surface area contributed by atoms with Gasteiger partial charge in [0.15, 0.2) is 0 Å². The lowest BCUT2D eigenvalue weighted by atomic mass is 9.95. The number of allylic oxidation sites excluding steroid dienone is 4. The number of methoxy groups -OCH3 is 2. The molecule has 0 aromatic carbocycles. The van der Waals surface area contributed by atoms with E-state index in [1.165, 1.54) is 19.8 Å². The van der Waals surface area contributed by atoms with Crippen molar-refractivity contribution in [3.63, 3.8) is 0 Å². The summed E-state index contributed by atoms with van der Waals surface area (Å²) in [6.07, 6.45) is 3.97. The molecule has 0 saturated heterocycles. The van der Waals surface area contributed by atoms with E-state index in [-0.39, 0.29) is 23.1 Å². The van der Waals surface area contributed by atoms with Crippen LogP contribution in [0.3, 0.4) is 0 Å². The van der Waals surface area contributed by atoms with Gasteiger partial charge in [0.1, 0.15) is 0 Å². The summed E-state index contributed by atoms with van der Waals surface area (Å²) in [4.78, 5) is 24.2. The third-order valence-corrected chi connectivity index (χ3v) is 2.75. The van der Waals surface area contributed by atoms with E-state index in [1.807, 2.05) is 13.8 Å². The highest BCUT2D eigenvalue weighted by Crippen LogP contribution is 2.23. The van der Waals surface area contributed by atoms with Gasteiger partial charge in [-0.2, -0.15) is 0 Å². The minimum atomic E-state index is -0.596. The molecule has 19 heavy (non-hydrogen) atoms. The average molecular weight is 265 g/mol. The number of hydrogen-bond acceptors (Lipinski definition) is 4. The average Bonchev–Trinajstić information content (AvgIpc) is 2.41. The van der Waals surface area contributed by atoms with Crippen LogP contribution in [-0.2, 0) is 19.1 Å². The second-order valence-corrected chi connectivity index (χ2v) is 4.50. The van der Waals surface area contributed by atoms with Crippen LogP contribution in [-0.4, -0.2) is 25.8 Å². The van der Waals surface area contributed by atoms with Crippen molar-refractivity contribution < 1.29 is 20.4 Å². The van der Waals surface area contributed by atoms with Crippen molar-refractivity contribution in [1.29, 1.82) is 0 Å². The lowest BCUT2D eigenvalue weighted by Gasteiger charge is -2.16. The monoisotopic (exact) mass is 265 g/mol. The zero-order chi connectivity index (χ0) is 15.3. The predicted octanol–water partition coefficient (Wildman–Crippen LogP) is 2.71. The number of carbonyl (C=O) groups is 2. The van der Waals surface area contributed by atoms with Crippen LogP contribution in [0.4, 0.5) is 0 Å². The van der Waals surface area contributed by atoms with Crippen molar-refractivity contribution in [3.8, 4) is 0 Å². The molecule has 0 heterocycles. The Morgan fingerprint density at radius 1 is 1.26 bits per heavy atom. The molecule has 104 valence electrons. The molecule has 0 amide bonds. The van der Waals surface area contributed by atoms with Crippen LogP contribution in [0.2, 0.25) is 0 Å². The summed E-state index contributed by atoms with van der Waals surface area (Å²) in [5.74, 6) is -1.31. The number of rotatable bonds is 6. The molecule has 0 atom stereocenters.